The van der Waals surface area contributed by atoms with Gasteiger partial charge in [-0.05, 0) is 56.2 Å². The second-order valence-corrected chi connectivity index (χ2v) is 8.07. The van der Waals surface area contributed by atoms with E-state index in [1.54, 1.807) is 24.5 Å². The Morgan fingerprint density at radius 1 is 0.969 bits per heavy atom. The number of fused-ring (bicyclic) bond motifs is 1. The number of hydrogen-bond acceptors (Lipinski definition) is 4. The zero-order valence-corrected chi connectivity index (χ0v) is 18.0. The number of nitrogens with one attached hydrogen (secondary N) is 1. The SMILES string of the molecule is CC(C)n1ccc(-c2[nH]c(CCc3cccc(F)c3)nc2-c2ccc3nccnc3c2)n1. The summed E-state index contributed by atoms with van der Waals surface area (Å²) in [7, 11) is 0. The van der Waals surface area contributed by atoms with Crippen molar-refractivity contribution in [2.45, 2.75) is 32.7 Å². The monoisotopic (exact) mass is 426 g/mol. The quantitative estimate of drug-likeness (QED) is 0.395. The molecule has 7 heteroatoms. The van der Waals surface area contributed by atoms with Gasteiger partial charge in [0.1, 0.15) is 17.3 Å². The molecule has 160 valence electrons. The van der Waals surface area contributed by atoms with Crippen molar-refractivity contribution in [2.24, 2.45) is 0 Å². The number of hydrogen-bond donors (Lipinski definition) is 1. The molecule has 0 amide bonds. The fourth-order valence-corrected chi connectivity index (χ4v) is 3.76. The fraction of sp³-hybridized carbons (Fsp3) is 0.200. The first-order valence-electron chi connectivity index (χ1n) is 10.7. The first-order chi connectivity index (χ1) is 15.6. The summed E-state index contributed by atoms with van der Waals surface area (Å²) in [5.41, 5.74) is 6.05. The van der Waals surface area contributed by atoms with Gasteiger partial charge in [0.15, 0.2) is 0 Å². The Hall–Kier alpha value is -3.87. The third-order valence-electron chi connectivity index (χ3n) is 5.43. The summed E-state index contributed by atoms with van der Waals surface area (Å²) in [6, 6.07) is 14.9. The zero-order chi connectivity index (χ0) is 22.1. The van der Waals surface area contributed by atoms with E-state index in [9.17, 15) is 4.39 Å². The van der Waals surface area contributed by atoms with Gasteiger partial charge in [-0.2, -0.15) is 5.10 Å². The zero-order valence-electron chi connectivity index (χ0n) is 18.0. The Morgan fingerprint density at radius 2 is 1.81 bits per heavy atom. The first-order valence-corrected chi connectivity index (χ1v) is 10.7. The lowest BCUT2D eigenvalue weighted by molar-refractivity contribution is 0.534. The van der Waals surface area contributed by atoms with Gasteiger partial charge in [0.2, 0.25) is 0 Å². The van der Waals surface area contributed by atoms with Gasteiger partial charge in [0.25, 0.3) is 0 Å². The molecule has 0 radical (unpaired) electrons. The van der Waals surface area contributed by atoms with E-state index in [-0.39, 0.29) is 11.9 Å². The minimum atomic E-state index is -0.222. The molecule has 0 aliphatic heterocycles. The number of aromatic nitrogens is 6. The second-order valence-electron chi connectivity index (χ2n) is 8.07. The van der Waals surface area contributed by atoms with E-state index in [0.29, 0.717) is 12.8 Å². The maximum absolute atomic E-state index is 13.6. The third-order valence-corrected chi connectivity index (χ3v) is 5.43. The van der Waals surface area contributed by atoms with Gasteiger partial charge >= 0.3 is 0 Å². The Kier molecular flexibility index (Phi) is 5.23. The van der Waals surface area contributed by atoms with Crippen LogP contribution in [0.5, 0.6) is 0 Å². The normalized spacial score (nSPS) is 11.5. The summed E-state index contributed by atoms with van der Waals surface area (Å²) in [4.78, 5) is 17.2. The Bertz CT molecular complexity index is 1380. The Labute approximate surface area is 185 Å². The molecule has 32 heavy (non-hydrogen) atoms. The molecule has 0 fully saturated rings. The molecule has 3 heterocycles. The van der Waals surface area contributed by atoms with Crippen LogP contribution in [0.3, 0.4) is 0 Å². The largest absolute Gasteiger partial charge is 0.340 e. The van der Waals surface area contributed by atoms with Gasteiger partial charge in [-0.25, -0.2) is 9.37 Å². The van der Waals surface area contributed by atoms with E-state index in [4.69, 9.17) is 10.1 Å². The van der Waals surface area contributed by atoms with Crippen molar-refractivity contribution in [1.82, 2.24) is 29.7 Å². The third kappa shape index (κ3) is 4.01. The van der Waals surface area contributed by atoms with Crippen molar-refractivity contribution in [1.29, 1.82) is 0 Å². The number of rotatable bonds is 6. The summed E-state index contributed by atoms with van der Waals surface area (Å²) in [6.07, 6.45) is 6.70. The van der Waals surface area contributed by atoms with Crippen molar-refractivity contribution in [2.75, 3.05) is 0 Å². The number of benzene rings is 2. The summed E-state index contributed by atoms with van der Waals surface area (Å²) in [5, 5.41) is 4.74. The van der Waals surface area contributed by atoms with Crippen LogP contribution in [0, 0.1) is 5.82 Å². The van der Waals surface area contributed by atoms with Crippen LogP contribution in [0.25, 0.3) is 33.7 Å². The lowest BCUT2D eigenvalue weighted by Crippen LogP contribution is -2.01. The van der Waals surface area contributed by atoms with Gasteiger partial charge in [0, 0.05) is 36.6 Å². The highest BCUT2D eigenvalue weighted by atomic mass is 19.1. The molecule has 2 aromatic carbocycles. The predicted molar refractivity (Wildman–Crippen MR) is 123 cm³/mol. The van der Waals surface area contributed by atoms with E-state index < -0.39 is 0 Å². The standard InChI is InChI=1S/C25H23FN6/c1-16(2)32-13-10-21(31-32)25-24(18-7-8-20-22(15-18)28-12-11-27-20)29-23(30-25)9-6-17-4-3-5-19(26)14-17/h3-5,7-8,10-16H,6,9H2,1-2H3,(H,29,30). The summed E-state index contributed by atoms with van der Waals surface area (Å²) in [6.45, 7) is 4.19. The van der Waals surface area contributed by atoms with Crippen molar-refractivity contribution in [3.05, 3.63) is 84.3 Å². The van der Waals surface area contributed by atoms with Crippen LogP contribution >= 0.6 is 0 Å². The number of nitrogens with zero attached hydrogens (tertiary/aromatic N) is 5. The molecule has 0 aliphatic carbocycles. The van der Waals surface area contributed by atoms with Crippen LogP contribution in [0.4, 0.5) is 4.39 Å². The number of aromatic amines is 1. The summed E-state index contributed by atoms with van der Waals surface area (Å²) in [5.74, 6) is 0.609. The lowest BCUT2D eigenvalue weighted by atomic mass is 10.1. The molecule has 1 N–H and O–H groups in total. The molecule has 0 atom stereocenters. The van der Waals surface area contributed by atoms with Crippen LogP contribution in [0.2, 0.25) is 0 Å². The van der Waals surface area contributed by atoms with Crippen molar-refractivity contribution in [3.8, 4) is 22.6 Å². The average molecular weight is 426 g/mol. The molecule has 6 nitrogen and oxygen atoms in total. The maximum atomic E-state index is 13.6. The van der Waals surface area contributed by atoms with Crippen LogP contribution in [0.1, 0.15) is 31.3 Å². The molecule has 5 rings (SSSR count). The number of H-pyrrole nitrogens is 1. The van der Waals surface area contributed by atoms with Crippen LogP contribution in [0.15, 0.2) is 67.1 Å². The maximum Gasteiger partial charge on any atom is 0.123 e. The summed E-state index contributed by atoms with van der Waals surface area (Å²) < 4.78 is 15.5. The highest BCUT2D eigenvalue weighted by Gasteiger charge is 2.17. The molecule has 3 aromatic heterocycles. The number of imidazole rings is 1. The fourth-order valence-electron chi connectivity index (χ4n) is 3.76. The van der Waals surface area contributed by atoms with Crippen LogP contribution in [-0.2, 0) is 12.8 Å². The van der Waals surface area contributed by atoms with Gasteiger partial charge in [-0.1, -0.05) is 18.2 Å². The minimum Gasteiger partial charge on any atom is -0.340 e. The molecule has 0 unspecified atom stereocenters. The van der Waals surface area contributed by atoms with Crippen molar-refractivity contribution >= 4 is 11.0 Å². The van der Waals surface area contributed by atoms with Gasteiger partial charge in [-0.15, -0.1) is 0 Å². The Balaban J connectivity index is 1.54. The minimum absolute atomic E-state index is 0.222. The van der Waals surface area contributed by atoms with Crippen LogP contribution < -0.4 is 0 Å². The summed E-state index contributed by atoms with van der Waals surface area (Å²) >= 11 is 0. The highest BCUT2D eigenvalue weighted by Crippen LogP contribution is 2.31. The Morgan fingerprint density at radius 3 is 2.59 bits per heavy atom. The van der Waals surface area contributed by atoms with E-state index in [2.05, 4.69) is 28.8 Å². The molecule has 5 aromatic rings. The van der Waals surface area contributed by atoms with Gasteiger partial charge in [-0.3, -0.25) is 14.6 Å². The van der Waals surface area contributed by atoms with Gasteiger partial charge < -0.3 is 4.98 Å². The predicted octanol–water partition coefficient (Wildman–Crippen LogP) is 5.39. The molecule has 0 spiro atoms. The number of halogens is 1. The molecular weight excluding hydrogens is 403 g/mol. The highest BCUT2D eigenvalue weighted by molar-refractivity contribution is 5.84. The van der Waals surface area contributed by atoms with Crippen LogP contribution in [-0.4, -0.2) is 29.7 Å². The van der Waals surface area contributed by atoms with E-state index in [1.165, 1.54) is 6.07 Å². The van der Waals surface area contributed by atoms with Crippen molar-refractivity contribution in [3.63, 3.8) is 0 Å². The average Bonchev–Trinajstić information content (AvgIpc) is 3.45. The molecule has 0 aliphatic rings. The van der Waals surface area contributed by atoms with E-state index in [0.717, 1.165) is 45.1 Å². The van der Waals surface area contributed by atoms with Gasteiger partial charge in [0.05, 0.1) is 22.4 Å². The molecule has 0 saturated heterocycles. The second kappa shape index (κ2) is 8.34. The van der Waals surface area contributed by atoms with E-state index >= 15 is 0 Å². The molecule has 0 bridgehead atoms. The first kappa shape index (κ1) is 20.1. The molecular formula is C25H23FN6. The van der Waals surface area contributed by atoms with E-state index in [1.807, 2.05) is 41.2 Å². The smallest absolute Gasteiger partial charge is 0.123 e. The lowest BCUT2D eigenvalue weighted by Gasteiger charge is -2.04. The molecule has 0 saturated carbocycles. The topological polar surface area (TPSA) is 72.3 Å². The number of aryl methyl sites for hydroxylation is 2. The van der Waals surface area contributed by atoms with Crippen molar-refractivity contribution < 1.29 is 4.39 Å².